The highest BCUT2D eigenvalue weighted by atomic mass is 16.7. The van der Waals surface area contributed by atoms with Crippen LogP contribution in [0.5, 0.6) is 0 Å². The van der Waals surface area contributed by atoms with Crippen molar-refractivity contribution >= 4 is 0 Å². The van der Waals surface area contributed by atoms with Gasteiger partial charge >= 0.3 is 0 Å². The molecule has 3 aliphatic heterocycles. The van der Waals surface area contributed by atoms with Crippen molar-refractivity contribution in [2.75, 3.05) is 26.4 Å². The SMILES string of the molecule is NC1C[C@@H](N)CC(O[C@H]2CCC(CO)O2)[C@@H]1O[C@@H]1CCCC(C2COCCN2)O1. The van der Waals surface area contributed by atoms with Crippen LogP contribution >= 0.6 is 0 Å². The van der Waals surface area contributed by atoms with Gasteiger partial charge in [0.05, 0.1) is 44.2 Å². The lowest BCUT2D eigenvalue weighted by molar-refractivity contribution is -0.266. The van der Waals surface area contributed by atoms with Crippen molar-refractivity contribution in [1.82, 2.24) is 5.32 Å². The molecule has 0 aromatic carbocycles. The summed E-state index contributed by atoms with van der Waals surface area (Å²) in [6.07, 6.45) is 4.58. The second kappa shape index (κ2) is 10.3. The van der Waals surface area contributed by atoms with E-state index in [4.69, 9.17) is 35.2 Å². The predicted octanol–water partition coefficient (Wildman–Crippen LogP) is -0.414. The molecule has 9 nitrogen and oxygen atoms in total. The standard InChI is InChI=1S/C20H37N3O6/c21-12-8-14(22)20(17(9-12)28-19-5-4-13(10-24)26-19)29-18-3-1-2-16(27-18)15-11-25-7-6-23-15/h12-20,23-24H,1-11,21-22H2/t12-,13?,14?,15?,16?,17?,18-,19+,20-/m1/s1. The molecule has 4 fully saturated rings. The summed E-state index contributed by atoms with van der Waals surface area (Å²) >= 11 is 0. The van der Waals surface area contributed by atoms with Crippen LogP contribution in [0.25, 0.3) is 0 Å². The Morgan fingerprint density at radius 1 is 1.00 bits per heavy atom. The third-order valence-corrected chi connectivity index (χ3v) is 6.46. The molecule has 0 bridgehead atoms. The summed E-state index contributed by atoms with van der Waals surface area (Å²) in [5.41, 5.74) is 12.6. The van der Waals surface area contributed by atoms with E-state index in [2.05, 4.69) is 5.32 Å². The number of rotatable bonds is 6. The van der Waals surface area contributed by atoms with E-state index in [1.54, 1.807) is 0 Å². The number of nitrogens with two attached hydrogens (primary N) is 2. The Balaban J connectivity index is 1.35. The molecule has 1 saturated carbocycles. The number of aliphatic hydroxyl groups is 1. The zero-order valence-electron chi connectivity index (χ0n) is 17.1. The molecular weight excluding hydrogens is 378 g/mol. The Bertz CT molecular complexity index is 509. The lowest BCUT2D eigenvalue weighted by Crippen LogP contribution is -2.58. The van der Waals surface area contributed by atoms with Gasteiger partial charge in [-0.2, -0.15) is 0 Å². The van der Waals surface area contributed by atoms with Crippen LogP contribution in [0.1, 0.15) is 44.9 Å². The molecule has 0 amide bonds. The maximum absolute atomic E-state index is 9.30. The summed E-state index contributed by atoms with van der Waals surface area (Å²) in [4.78, 5) is 0. The third kappa shape index (κ3) is 5.66. The Morgan fingerprint density at radius 2 is 1.86 bits per heavy atom. The van der Waals surface area contributed by atoms with Crippen LogP contribution in [0.15, 0.2) is 0 Å². The van der Waals surface area contributed by atoms with Crippen molar-refractivity contribution in [2.45, 2.75) is 100 Å². The zero-order valence-corrected chi connectivity index (χ0v) is 17.1. The van der Waals surface area contributed by atoms with Crippen molar-refractivity contribution in [2.24, 2.45) is 11.5 Å². The molecule has 29 heavy (non-hydrogen) atoms. The Hall–Kier alpha value is -0.360. The smallest absolute Gasteiger partial charge is 0.158 e. The number of morpholine rings is 1. The molecule has 1 aliphatic carbocycles. The Morgan fingerprint density at radius 3 is 2.62 bits per heavy atom. The number of aliphatic hydroxyl groups excluding tert-OH is 1. The monoisotopic (exact) mass is 415 g/mol. The minimum atomic E-state index is -0.343. The summed E-state index contributed by atoms with van der Waals surface area (Å²) in [6.45, 7) is 2.29. The molecule has 3 saturated heterocycles. The maximum Gasteiger partial charge on any atom is 0.158 e. The zero-order chi connectivity index (χ0) is 20.2. The van der Waals surface area contributed by atoms with Gasteiger partial charge in [-0.05, 0) is 38.5 Å². The number of hydrogen-bond acceptors (Lipinski definition) is 9. The number of hydrogen-bond donors (Lipinski definition) is 4. The topological polar surface area (TPSA) is 130 Å². The van der Waals surface area contributed by atoms with Crippen LogP contribution in [0, 0.1) is 0 Å². The molecule has 0 aromatic heterocycles. The van der Waals surface area contributed by atoms with Crippen LogP contribution < -0.4 is 16.8 Å². The first-order valence-corrected chi connectivity index (χ1v) is 11.2. The van der Waals surface area contributed by atoms with Crippen LogP contribution in [-0.4, -0.2) is 86.6 Å². The Labute approximate surface area is 172 Å². The second-order valence-electron chi connectivity index (χ2n) is 8.79. The highest BCUT2D eigenvalue weighted by molar-refractivity contribution is 4.94. The summed E-state index contributed by atoms with van der Waals surface area (Å²) in [6, 6.07) is -0.0228. The number of ether oxygens (including phenoxy) is 5. The maximum atomic E-state index is 9.30. The van der Waals surface area contributed by atoms with Crippen molar-refractivity contribution in [3.63, 3.8) is 0 Å². The molecule has 0 spiro atoms. The van der Waals surface area contributed by atoms with Crippen LogP contribution in [0.3, 0.4) is 0 Å². The molecule has 0 aromatic rings. The fourth-order valence-electron chi connectivity index (χ4n) is 4.92. The molecule has 9 atom stereocenters. The van der Waals surface area contributed by atoms with E-state index in [0.717, 1.165) is 45.3 Å². The molecule has 5 unspecified atom stereocenters. The molecule has 6 N–H and O–H groups in total. The van der Waals surface area contributed by atoms with Crippen LogP contribution in [0.2, 0.25) is 0 Å². The molecule has 4 aliphatic rings. The van der Waals surface area contributed by atoms with Crippen LogP contribution in [-0.2, 0) is 23.7 Å². The van der Waals surface area contributed by atoms with Crippen molar-refractivity contribution in [3.8, 4) is 0 Å². The lowest BCUT2D eigenvalue weighted by Gasteiger charge is -2.43. The van der Waals surface area contributed by atoms with E-state index in [-0.39, 0.29) is 61.7 Å². The predicted molar refractivity (Wildman–Crippen MR) is 105 cm³/mol. The summed E-state index contributed by atoms with van der Waals surface area (Å²) in [5.74, 6) is 0. The van der Waals surface area contributed by atoms with E-state index in [1.807, 2.05) is 0 Å². The normalized spacial score (nSPS) is 46.7. The van der Waals surface area contributed by atoms with Crippen LogP contribution in [0.4, 0.5) is 0 Å². The highest BCUT2D eigenvalue weighted by Crippen LogP contribution is 2.31. The molecular formula is C20H37N3O6. The van der Waals surface area contributed by atoms with E-state index in [0.29, 0.717) is 19.4 Å². The molecule has 4 rings (SSSR count). The second-order valence-corrected chi connectivity index (χ2v) is 8.79. The fourth-order valence-corrected chi connectivity index (χ4v) is 4.92. The first-order chi connectivity index (χ1) is 14.1. The van der Waals surface area contributed by atoms with Gasteiger partial charge in [-0.25, -0.2) is 0 Å². The van der Waals surface area contributed by atoms with Gasteiger partial charge in [0, 0.05) is 25.0 Å². The van der Waals surface area contributed by atoms with Crippen molar-refractivity contribution < 1.29 is 28.8 Å². The van der Waals surface area contributed by atoms with E-state index >= 15 is 0 Å². The van der Waals surface area contributed by atoms with E-state index in [9.17, 15) is 5.11 Å². The van der Waals surface area contributed by atoms with E-state index < -0.39 is 0 Å². The van der Waals surface area contributed by atoms with Gasteiger partial charge in [0.15, 0.2) is 12.6 Å². The minimum Gasteiger partial charge on any atom is -0.394 e. The van der Waals surface area contributed by atoms with Gasteiger partial charge in [0.25, 0.3) is 0 Å². The number of nitrogens with one attached hydrogen (secondary N) is 1. The minimum absolute atomic E-state index is 0.0136. The van der Waals surface area contributed by atoms with Crippen molar-refractivity contribution in [1.29, 1.82) is 0 Å². The van der Waals surface area contributed by atoms with Gasteiger partial charge in [-0.1, -0.05) is 0 Å². The van der Waals surface area contributed by atoms with E-state index in [1.165, 1.54) is 0 Å². The average Bonchev–Trinajstić information content (AvgIpc) is 3.19. The fraction of sp³-hybridized carbons (Fsp3) is 1.00. The lowest BCUT2D eigenvalue weighted by atomic mass is 9.87. The summed E-state index contributed by atoms with van der Waals surface area (Å²) < 4.78 is 30.2. The third-order valence-electron chi connectivity index (χ3n) is 6.46. The summed E-state index contributed by atoms with van der Waals surface area (Å²) in [7, 11) is 0. The summed E-state index contributed by atoms with van der Waals surface area (Å²) in [5, 5.41) is 12.8. The molecule has 9 heteroatoms. The van der Waals surface area contributed by atoms with Gasteiger partial charge in [0.1, 0.15) is 6.10 Å². The van der Waals surface area contributed by atoms with Gasteiger partial charge < -0.3 is 45.6 Å². The van der Waals surface area contributed by atoms with Gasteiger partial charge in [-0.15, -0.1) is 0 Å². The van der Waals surface area contributed by atoms with Gasteiger partial charge in [0.2, 0.25) is 0 Å². The molecule has 168 valence electrons. The highest BCUT2D eigenvalue weighted by Gasteiger charge is 2.42. The first-order valence-electron chi connectivity index (χ1n) is 11.2. The van der Waals surface area contributed by atoms with Gasteiger partial charge in [-0.3, -0.25) is 0 Å². The largest absolute Gasteiger partial charge is 0.394 e. The molecule has 0 radical (unpaired) electrons. The Kier molecular flexibility index (Phi) is 7.76. The van der Waals surface area contributed by atoms with Crippen molar-refractivity contribution in [3.05, 3.63) is 0 Å². The quantitative estimate of drug-likeness (QED) is 0.457. The molecule has 3 heterocycles. The average molecular weight is 416 g/mol. The first kappa shape index (κ1) is 21.9.